The average molecular weight is 146 g/mol. The van der Waals surface area contributed by atoms with Crippen molar-refractivity contribution in [3.8, 4) is 0 Å². The molecule has 0 bridgehead atoms. The van der Waals surface area contributed by atoms with Gasteiger partial charge >= 0.3 is 5.97 Å². The number of carboxylic acids is 1. The van der Waals surface area contributed by atoms with Crippen molar-refractivity contribution in [2.75, 3.05) is 13.1 Å². The Balaban J connectivity index is 2.98. The van der Waals surface area contributed by atoms with E-state index in [1.807, 2.05) is 6.92 Å². The Morgan fingerprint density at radius 1 is 1.80 bits per heavy atom. The molecule has 0 heterocycles. The van der Waals surface area contributed by atoms with Crippen LogP contribution >= 0.6 is 0 Å². The van der Waals surface area contributed by atoms with E-state index in [-0.39, 0.29) is 12.5 Å². The van der Waals surface area contributed by atoms with E-state index >= 15 is 0 Å². The minimum absolute atomic E-state index is 0.0915. The number of hydrogen-bond donors (Lipinski definition) is 3. The van der Waals surface area contributed by atoms with E-state index in [1.165, 1.54) is 0 Å². The maximum atomic E-state index is 9.97. The molecule has 10 heavy (non-hydrogen) atoms. The molecule has 0 aromatic rings. The number of hydrogen-bond acceptors (Lipinski definition) is 3. The van der Waals surface area contributed by atoms with E-state index < -0.39 is 5.97 Å². The summed E-state index contributed by atoms with van der Waals surface area (Å²) in [5.74, 6) is -0.780. The zero-order valence-electron chi connectivity index (χ0n) is 6.13. The van der Waals surface area contributed by atoms with Gasteiger partial charge in [-0.3, -0.25) is 4.79 Å². The summed E-state index contributed by atoms with van der Waals surface area (Å²) in [5.41, 5.74) is 5.40. The van der Waals surface area contributed by atoms with E-state index in [0.717, 1.165) is 0 Å². The van der Waals surface area contributed by atoms with Gasteiger partial charge in [0.25, 0.3) is 0 Å². The molecular weight excluding hydrogens is 132 g/mol. The van der Waals surface area contributed by atoms with E-state index in [2.05, 4.69) is 5.32 Å². The van der Waals surface area contributed by atoms with Gasteiger partial charge in [-0.2, -0.15) is 0 Å². The SMILES string of the molecule is CC(N)CNCCC(=O)O. The largest absolute Gasteiger partial charge is 0.481 e. The van der Waals surface area contributed by atoms with E-state index in [4.69, 9.17) is 10.8 Å². The van der Waals surface area contributed by atoms with Gasteiger partial charge in [-0.1, -0.05) is 0 Å². The molecule has 1 unspecified atom stereocenters. The minimum atomic E-state index is -0.780. The lowest BCUT2D eigenvalue weighted by atomic mass is 10.3. The normalized spacial score (nSPS) is 13.0. The predicted molar refractivity (Wildman–Crippen MR) is 38.8 cm³/mol. The first-order chi connectivity index (χ1) is 4.63. The van der Waals surface area contributed by atoms with Gasteiger partial charge in [0.1, 0.15) is 0 Å². The van der Waals surface area contributed by atoms with Crippen molar-refractivity contribution in [2.45, 2.75) is 19.4 Å². The molecule has 0 spiro atoms. The smallest absolute Gasteiger partial charge is 0.304 e. The third kappa shape index (κ3) is 7.39. The van der Waals surface area contributed by atoms with Gasteiger partial charge in [0.2, 0.25) is 0 Å². The molecule has 0 fully saturated rings. The van der Waals surface area contributed by atoms with Gasteiger partial charge in [-0.25, -0.2) is 0 Å². The molecule has 0 saturated carbocycles. The summed E-state index contributed by atoms with van der Waals surface area (Å²) in [5, 5.41) is 11.1. The monoisotopic (exact) mass is 146 g/mol. The van der Waals surface area contributed by atoms with Crippen molar-refractivity contribution in [1.29, 1.82) is 0 Å². The van der Waals surface area contributed by atoms with Crippen LogP contribution in [0.4, 0.5) is 0 Å². The molecule has 4 nitrogen and oxygen atoms in total. The Hall–Kier alpha value is -0.610. The number of rotatable bonds is 5. The van der Waals surface area contributed by atoms with Gasteiger partial charge < -0.3 is 16.2 Å². The number of carbonyl (C=O) groups is 1. The highest BCUT2D eigenvalue weighted by Gasteiger charge is 1.96. The van der Waals surface area contributed by atoms with Gasteiger partial charge in [-0.15, -0.1) is 0 Å². The Morgan fingerprint density at radius 3 is 2.80 bits per heavy atom. The molecule has 0 radical (unpaired) electrons. The number of nitrogens with one attached hydrogen (secondary N) is 1. The van der Waals surface area contributed by atoms with Crippen LogP contribution in [0, 0.1) is 0 Å². The molecule has 4 N–H and O–H groups in total. The standard InChI is InChI=1S/C6H14N2O2/c1-5(7)4-8-3-2-6(9)10/h5,8H,2-4,7H2,1H3,(H,9,10). The Labute approximate surface area is 60.4 Å². The van der Waals surface area contributed by atoms with Crippen molar-refractivity contribution in [1.82, 2.24) is 5.32 Å². The van der Waals surface area contributed by atoms with Crippen molar-refractivity contribution in [3.05, 3.63) is 0 Å². The average Bonchev–Trinajstić information content (AvgIpc) is 1.79. The van der Waals surface area contributed by atoms with Gasteiger partial charge in [0.05, 0.1) is 6.42 Å². The van der Waals surface area contributed by atoms with Crippen LogP contribution < -0.4 is 11.1 Å². The summed E-state index contributed by atoms with van der Waals surface area (Å²) in [7, 11) is 0. The van der Waals surface area contributed by atoms with Crippen molar-refractivity contribution in [3.63, 3.8) is 0 Å². The molecule has 60 valence electrons. The van der Waals surface area contributed by atoms with E-state index in [9.17, 15) is 4.79 Å². The molecule has 0 aromatic heterocycles. The highest BCUT2D eigenvalue weighted by Crippen LogP contribution is 1.75. The molecule has 0 rings (SSSR count). The first kappa shape index (κ1) is 9.39. The van der Waals surface area contributed by atoms with Gasteiger partial charge in [0.15, 0.2) is 0 Å². The third-order valence-corrected chi connectivity index (χ3v) is 0.982. The fraction of sp³-hybridized carbons (Fsp3) is 0.833. The van der Waals surface area contributed by atoms with E-state index in [1.54, 1.807) is 0 Å². The van der Waals surface area contributed by atoms with Crippen LogP contribution in [0.15, 0.2) is 0 Å². The molecule has 0 aromatic carbocycles. The van der Waals surface area contributed by atoms with Crippen molar-refractivity contribution in [2.24, 2.45) is 5.73 Å². The fourth-order valence-electron chi connectivity index (χ4n) is 0.525. The number of aliphatic carboxylic acids is 1. The fourth-order valence-corrected chi connectivity index (χ4v) is 0.525. The summed E-state index contributed by atoms with van der Waals surface area (Å²) >= 11 is 0. The van der Waals surface area contributed by atoms with Crippen LogP contribution in [-0.2, 0) is 4.79 Å². The maximum absolute atomic E-state index is 9.97. The Bertz CT molecular complexity index is 104. The predicted octanol–water partition coefficient (Wildman–Crippen LogP) is -0.602. The second-order valence-electron chi connectivity index (χ2n) is 2.33. The summed E-state index contributed by atoms with van der Waals surface area (Å²) in [6.45, 7) is 3.04. The Kier molecular flexibility index (Phi) is 4.88. The highest BCUT2D eigenvalue weighted by molar-refractivity contribution is 5.66. The van der Waals surface area contributed by atoms with Crippen LogP contribution in [0.25, 0.3) is 0 Å². The molecule has 0 saturated heterocycles. The second kappa shape index (κ2) is 5.20. The second-order valence-corrected chi connectivity index (χ2v) is 2.33. The molecule has 4 heteroatoms. The quantitative estimate of drug-likeness (QED) is 0.453. The zero-order valence-corrected chi connectivity index (χ0v) is 6.13. The van der Waals surface area contributed by atoms with Crippen LogP contribution in [0.2, 0.25) is 0 Å². The topological polar surface area (TPSA) is 75.3 Å². The van der Waals surface area contributed by atoms with Crippen molar-refractivity contribution >= 4 is 5.97 Å². The third-order valence-electron chi connectivity index (χ3n) is 0.982. The molecular formula is C6H14N2O2. The summed E-state index contributed by atoms with van der Waals surface area (Å²) < 4.78 is 0. The maximum Gasteiger partial charge on any atom is 0.304 e. The summed E-state index contributed by atoms with van der Waals surface area (Å²) in [6, 6.07) is 0.0915. The molecule has 1 atom stereocenters. The van der Waals surface area contributed by atoms with Gasteiger partial charge in [0, 0.05) is 19.1 Å². The Morgan fingerprint density at radius 2 is 2.40 bits per heavy atom. The number of carboxylic acid groups (broad SMARTS) is 1. The van der Waals surface area contributed by atoms with Crippen molar-refractivity contribution < 1.29 is 9.90 Å². The van der Waals surface area contributed by atoms with Crippen LogP contribution in [0.1, 0.15) is 13.3 Å². The van der Waals surface area contributed by atoms with E-state index in [0.29, 0.717) is 13.1 Å². The first-order valence-electron chi connectivity index (χ1n) is 3.31. The van der Waals surface area contributed by atoms with Gasteiger partial charge in [-0.05, 0) is 6.92 Å². The van der Waals surface area contributed by atoms with Crippen LogP contribution in [0.3, 0.4) is 0 Å². The highest BCUT2D eigenvalue weighted by atomic mass is 16.4. The summed E-state index contributed by atoms with van der Waals surface area (Å²) in [4.78, 5) is 9.97. The lowest BCUT2D eigenvalue weighted by Crippen LogP contribution is -2.32. The first-order valence-corrected chi connectivity index (χ1v) is 3.31. The van der Waals surface area contributed by atoms with Crippen LogP contribution in [-0.4, -0.2) is 30.2 Å². The molecule has 0 aliphatic heterocycles. The molecule has 0 amide bonds. The zero-order chi connectivity index (χ0) is 7.98. The molecule has 0 aliphatic carbocycles. The minimum Gasteiger partial charge on any atom is -0.481 e. The van der Waals surface area contributed by atoms with Crippen LogP contribution in [0.5, 0.6) is 0 Å². The lowest BCUT2D eigenvalue weighted by molar-refractivity contribution is -0.136. The lowest BCUT2D eigenvalue weighted by Gasteiger charge is -2.04. The molecule has 0 aliphatic rings. The number of nitrogens with two attached hydrogens (primary N) is 1. The summed E-state index contributed by atoms with van der Waals surface area (Å²) in [6.07, 6.45) is 0.159.